The zero-order valence-corrected chi connectivity index (χ0v) is 10.4. The third kappa shape index (κ3) is 3.01. The van der Waals surface area contributed by atoms with Gasteiger partial charge in [-0.05, 0) is 25.1 Å². The number of hydrogen-bond donors (Lipinski definition) is 1. The van der Waals surface area contributed by atoms with Crippen LogP contribution in [0, 0.1) is 12.7 Å². The normalized spacial score (nSPS) is 10.5. The molecule has 2 aromatic rings. The van der Waals surface area contributed by atoms with Gasteiger partial charge in [0.2, 0.25) is 0 Å². The van der Waals surface area contributed by atoms with Crippen LogP contribution in [0.5, 0.6) is 0 Å². The zero-order valence-electron chi connectivity index (χ0n) is 9.61. The van der Waals surface area contributed by atoms with Crippen molar-refractivity contribution in [1.29, 1.82) is 0 Å². The maximum absolute atomic E-state index is 13.6. The van der Waals surface area contributed by atoms with Crippen molar-refractivity contribution in [3.8, 4) is 0 Å². The van der Waals surface area contributed by atoms with Gasteiger partial charge < -0.3 is 5.73 Å². The van der Waals surface area contributed by atoms with Crippen molar-refractivity contribution in [2.24, 2.45) is 0 Å². The van der Waals surface area contributed by atoms with Gasteiger partial charge in [0, 0.05) is 16.2 Å². The van der Waals surface area contributed by atoms with Crippen LogP contribution in [0.4, 0.5) is 10.1 Å². The first kappa shape index (κ1) is 12.0. The van der Waals surface area contributed by atoms with Crippen molar-refractivity contribution >= 4 is 17.4 Å². The number of rotatable bonds is 3. The lowest BCUT2D eigenvalue weighted by molar-refractivity contribution is 0.622. The molecular formula is C14H14FNS. The van der Waals surface area contributed by atoms with Gasteiger partial charge in [-0.3, -0.25) is 0 Å². The van der Waals surface area contributed by atoms with Gasteiger partial charge in [0.25, 0.3) is 0 Å². The van der Waals surface area contributed by atoms with Crippen LogP contribution in [0.1, 0.15) is 11.1 Å². The fraction of sp³-hybridized carbons (Fsp3) is 0.143. The molecule has 0 aromatic heterocycles. The van der Waals surface area contributed by atoms with Crippen molar-refractivity contribution in [1.82, 2.24) is 0 Å². The minimum atomic E-state index is -0.299. The number of nitrogens with two attached hydrogens (primary N) is 1. The lowest BCUT2D eigenvalue weighted by Crippen LogP contribution is -1.94. The van der Waals surface area contributed by atoms with Crippen LogP contribution >= 0.6 is 11.8 Å². The minimum absolute atomic E-state index is 0.215. The van der Waals surface area contributed by atoms with Crippen molar-refractivity contribution < 1.29 is 4.39 Å². The van der Waals surface area contributed by atoms with E-state index in [0.29, 0.717) is 11.3 Å². The third-order valence-corrected chi connectivity index (χ3v) is 3.58. The molecule has 2 rings (SSSR count). The standard InChI is InChI=1S/C14H14FNS/c1-10-5-7-12(8-6-10)17-9-11-3-2-4-13(16)14(11)15/h2-8H,9,16H2,1H3. The monoisotopic (exact) mass is 247 g/mol. The topological polar surface area (TPSA) is 26.0 Å². The summed E-state index contributed by atoms with van der Waals surface area (Å²) in [5.74, 6) is 0.298. The summed E-state index contributed by atoms with van der Waals surface area (Å²) in [6.45, 7) is 2.05. The van der Waals surface area contributed by atoms with Crippen LogP contribution in [0.15, 0.2) is 47.4 Å². The highest BCUT2D eigenvalue weighted by atomic mass is 32.2. The van der Waals surface area contributed by atoms with Gasteiger partial charge in [-0.15, -0.1) is 11.8 Å². The molecule has 2 aromatic carbocycles. The van der Waals surface area contributed by atoms with Gasteiger partial charge in [-0.1, -0.05) is 29.8 Å². The Kier molecular flexibility index (Phi) is 3.69. The minimum Gasteiger partial charge on any atom is -0.396 e. The molecule has 3 heteroatoms. The van der Waals surface area contributed by atoms with E-state index in [-0.39, 0.29) is 11.5 Å². The van der Waals surface area contributed by atoms with E-state index in [4.69, 9.17) is 5.73 Å². The van der Waals surface area contributed by atoms with E-state index in [1.165, 1.54) is 5.56 Å². The summed E-state index contributed by atoms with van der Waals surface area (Å²) < 4.78 is 13.6. The van der Waals surface area contributed by atoms with Crippen LogP contribution in [-0.2, 0) is 5.75 Å². The number of halogens is 1. The Morgan fingerprint density at radius 2 is 1.82 bits per heavy atom. The molecule has 2 N–H and O–H groups in total. The lowest BCUT2D eigenvalue weighted by atomic mass is 10.2. The average Bonchev–Trinajstić information content (AvgIpc) is 2.33. The molecule has 88 valence electrons. The molecule has 0 saturated heterocycles. The van der Waals surface area contributed by atoms with Crippen LogP contribution < -0.4 is 5.73 Å². The Bertz CT molecular complexity index is 508. The predicted molar refractivity (Wildman–Crippen MR) is 71.6 cm³/mol. The molecule has 0 saturated carbocycles. The van der Waals surface area contributed by atoms with E-state index in [2.05, 4.69) is 12.1 Å². The number of aryl methyl sites for hydroxylation is 1. The molecule has 0 bridgehead atoms. The maximum atomic E-state index is 13.6. The molecule has 0 aliphatic heterocycles. The van der Waals surface area contributed by atoms with Crippen LogP contribution in [-0.4, -0.2) is 0 Å². The molecule has 0 amide bonds. The molecular weight excluding hydrogens is 233 g/mol. The number of anilines is 1. The van der Waals surface area contributed by atoms with E-state index in [0.717, 1.165) is 4.90 Å². The summed E-state index contributed by atoms with van der Waals surface area (Å²) in [4.78, 5) is 1.14. The molecule has 17 heavy (non-hydrogen) atoms. The molecule has 0 atom stereocenters. The van der Waals surface area contributed by atoms with Gasteiger partial charge in [0.1, 0.15) is 5.82 Å². The Labute approximate surface area is 105 Å². The molecule has 0 heterocycles. The van der Waals surface area contributed by atoms with Gasteiger partial charge in [-0.2, -0.15) is 0 Å². The first-order valence-corrected chi connectivity index (χ1v) is 6.37. The van der Waals surface area contributed by atoms with Gasteiger partial charge in [0.15, 0.2) is 0 Å². The summed E-state index contributed by atoms with van der Waals surface area (Å²) in [5, 5.41) is 0. The third-order valence-electron chi connectivity index (χ3n) is 2.52. The van der Waals surface area contributed by atoms with E-state index < -0.39 is 0 Å². The van der Waals surface area contributed by atoms with Crippen LogP contribution in [0.2, 0.25) is 0 Å². The summed E-state index contributed by atoms with van der Waals surface area (Å²) in [6.07, 6.45) is 0. The van der Waals surface area contributed by atoms with E-state index in [9.17, 15) is 4.39 Å². The van der Waals surface area contributed by atoms with E-state index in [1.54, 1.807) is 30.0 Å². The second kappa shape index (κ2) is 5.23. The summed E-state index contributed by atoms with van der Waals surface area (Å²) in [7, 11) is 0. The van der Waals surface area contributed by atoms with Crippen molar-refractivity contribution in [3.63, 3.8) is 0 Å². The largest absolute Gasteiger partial charge is 0.396 e. The van der Waals surface area contributed by atoms with Gasteiger partial charge in [0.05, 0.1) is 5.69 Å². The Morgan fingerprint density at radius 1 is 1.12 bits per heavy atom. The highest BCUT2D eigenvalue weighted by molar-refractivity contribution is 7.98. The predicted octanol–water partition coefficient (Wildman–Crippen LogP) is 4.01. The number of nitrogen functional groups attached to an aromatic ring is 1. The van der Waals surface area contributed by atoms with Crippen molar-refractivity contribution in [2.45, 2.75) is 17.6 Å². The summed E-state index contributed by atoms with van der Waals surface area (Å²) in [6, 6.07) is 13.3. The van der Waals surface area contributed by atoms with E-state index in [1.807, 2.05) is 19.1 Å². The van der Waals surface area contributed by atoms with Crippen molar-refractivity contribution in [3.05, 3.63) is 59.4 Å². The Balaban J connectivity index is 2.07. The smallest absolute Gasteiger partial charge is 0.150 e. The average molecular weight is 247 g/mol. The van der Waals surface area contributed by atoms with Crippen molar-refractivity contribution in [2.75, 3.05) is 5.73 Å². The first-order chi connectivity index (χ1) is 8.16. The molecule has 0 fully saturated rings. The lowest BCUT2D eigenvalue weighted by Gasteiger charge is -2.05. The molecule has 0 radical (unpaired) electrons. The molecule has 0 spiro atoms. The second-order valence-electron chi connectivity index (χ2n) is 3.92. The van der Waals surface area contributed by atoms with Gasteiger partial charge in [-0.25, -0.2) is 4.39 Å². The van der Waals surface area contributed by atoms with Crippen LogP contribution in [0.3, 0.4) is 0 Å². The second-order valence-corrected chi connectivity index (χ2v) is 4.97. The molecule has 0 unspecified atom stereocenters. The fourth-order valence-electron chi connectivity index (χ4n) is 1.51. The molecule has 0 aliphatic rings. The fourth-order valence-corrected chi connectivity index (χ4v) is 2.38. The SMILES string of the molecule is Cc1ccc(SCc2cccc(N)c2F)cc1. The quantitative estimate of drug-likeness (QED) is 0.655. The summed E-state index contributed by atoms with van der Waals surface area (Å²) >= 11 is 1.61. The molecule has 0 aliphatic carbocycles. The van der Waals surface area contributed by atoms with Crippen LogP contribution in [0.25, 0.3) is 0 Å². The number of benzene rings is 2. The highest BCUT2D eigenvalue weighted by Gasteiger charge is 2.05. The maximum Gasteiger partial charge on any atom is 0.150 e. The highest BCUT2D eigenvalue weighted by Crippen LogP contribution is 2.25. The number of hydrogen-bond acceptors (Lipinski definition) is 2. The first-order valence-electron chi connectivity index (χ1n) is 5.39. The van der Waals surface area contributed by atoms with Gasteiger partial charge >= 0.3 is 0 Å². The van der Waals surface area contributed by atoms with E-state index >= 15 is 0 Å². The number of thioether (sulfide) groups is 1. The summed E-state index contributed by atoms with van der Waals surface area (Å²) in [5.41, 5.74) is 7.62. The Morgan fingerprint density at radius 3 is 2.53 bits per heavy atom. The zero-order chi connectivity index (χ0) is 12.3. The Hall–Kier alpha value is -1.48. The molecule has 1 nitrogen and oxygen atoms in total.